The Balaban J connectivity index is 1.62. The molecule has 0 fully saturated rings. The number of nitrogens with one attached hydrogen (secondary N) is 2. The van der Waals surface area contributed by atoms with Crippen LogP contribution in [-0.4, -0.2) is 23.0 Å². The number of nitrogens with zero attached hydrogens (tertiary/aromatic N) is 2. The molecule has 0 aliphatic heterocycles. The lowest BCUT2D eigenvalue weighted by atomic mass is 10.1. The van der Waals surface area contributed by atoms with Crippen molar-refractivity contribution >= 4 is 34.8 Å². The van der Waals surface area contributed by atoms with Crippen LogP contribution in [0.25, 0.3) is 0 Å². The molecule has 1 heterocycles. The van der Waals surface area contributed by atoms with Crippen molar-refractivity contribution in [3.8, 4) is 5.88 Å². The summed E-state index contributed by atoms with van der Waals surface area (Å²) < 4.78 is 5.06. The minimum Gasteiger partial charge on any atom is -0.481 e. The van der Waals surface area contributed by atoms with Gasteiger partial charge in [-0.15, -0.1) is 0 Å². The van der Waals surface area contributed by atoms with E-state index in [0.717, 1.165) is 5.56 Å². The van der Waals surface area contributed by atoms with Gasteiger partial charge in [-0.05, 0) is 29.8 Å². The number of carbonyl (C=O) groups is 1. The normalized spacial score (nSPS) is 10.3. The zero-order valence-electron chi connectivity index (χ0n) is 14.6. The Bertz CT molecular complexity index is 947. The topological polar surface area (TPSA) is 102 Å². The Morgan fingerprint density at radius 1 is 1.15 bits per heavy atom. The molecule has 0 radical (unpaired) electrons. The standard InChI is InChI=1S/C19H18ClN5O2/c1-27-17-10-16(20)24-19(25-17)22-11-12-6-8-13(9-7-12)18(26)23-15-5-3-2-4-14(15)21/h2-10H,11,21H2,1H3,(H,23,26)(H,22,24,25). The van der Waals surface area contributed by atoms with Crippen molar-refractivity contribution in [1.82, 2.24) is 9.97 Å². The van der Waals surface area contributed by atoms with Crippen LogP contribution in [0.4, 0.5) is 17.3 Å². The van der Waals surface area contributed by atoms with Crippen molar-refractivity contribution < 1.29 is 9.53 Å². The first-order valence-electron chi connectivity index (χ1n) is 8.12. The Morgan fingerprint density at radius 2 is 1.89 bits per heavy atom. The number of hydrogen-bond acceptors (Lipinski definition) is 6. The summed E-state index contributed by atoms with van der Waals surface area (Å²) in [5.41, 5.74) is 8.43. The molecule has 138 valence electrons. The van der Waals surface area contributed by atoms with Gasteiger partial charge in [0.2, 0.25) is 11.8 Å². The number of methoxy groups -OCH3 is 1. The molecule has 1 amide bonds. The Labute approximate surface area is 161 Å². The first kappa shape index (κ1) is 18.5. The average molecular weight is 384 g/mol. The second kappa shape index (κ2) is 8.37. The number of nitrogens with two attached hydrogens (primary N) is 1. The maximum Gasteiger partial charge on any atom is 0.255 e. The fourth-order valence-electron chi connectivity index (χ4n) is 2.34. The van der Waals surface area contributed by atoms with Gasteiger partial charge >= 0.3 is 0 Å². The van der Waals surface area contributed by atoms with Gasteiger partial charge in [0.05, 0.1) is 18.5 Å². The van der Waals surface area contributed by atoms with Crippen molar-refractivity contribution in [3.05, 3.63) is 70.9 Å². The maximum absolute atomic E-state index is 12.3. The summed E-state index contributed by atoms with van der Waals surface area (Å²) in [6.07, 6.45) is 0. The lowest BCUT2D eigenvalue weighted by molar-refractivity contribution is 0.102. The van der Waals surface area contributed by atoms with E-state index in [-0.39, 0.29) is 11.1 Å². The van der Waals surface area contributed by atoms with Crippen LogP contribution in [0.5, 0.6) is 5.88 Å². The van der Waals surface area contributed by atoms with Gasteiger partial charge in [-0.3, -0.25) is 4.79 Å². The summed E-state index contributed by atoms with van der Waals surface area (Å²) in [4.78, 5) is 20.6. The zero-order chi connectivity index (χ0) is 19.2. The molecule has 3 aromatic rings. The van der Waals surface area contributed by atoms with Crippen molar-refractivity contribution in [3.63, 3.8) is 0 Å². The van der Waals surface area contributed by atoms with Gasteiger partial charge in [-0.2, -0.15) is 4.98 Å². The number of nitrogen functional groups attached to an aromatic ring is 1. The fraction of sp³-hybridized carbons (Fsp3) is 0.105. The molecule has 3 rings (SSSR count). The van der Waals surface area contributed by atoms with Gasteiger partial charge in [0.1, 0.15) is 5.15 Å². The quantitative estimate of drug-likeness (QED) is 0.444. The lowest BCUT2D eigenvalue weighted by Gasteiger charge is -2.09. The van der Waals surface area contributed by atoms with Gasteiger partial charge in [0.25, 0.3) is 5.91 Å². The molecule has 8 heteroatoms. The van der Waals surface area contributed by atoms with Crippen LogP contribution < -0.4 is 21.1 Å². The summed E-state index contributed by atoms with van der Waals surface area (Å²) in [7, 11) is 1.51. The molecule has 1 aromatic heterocycles. The van der Waals surface area contributed by atoms with Gasteiger partial charge in [0.15, 0.2) is 0 Å². The van der Waals surface area contributed by atoms with E-state index in [4.69, 9.17) is 22.1 Å². The molecule has 0 saturated heterocycles. The van der Waals surface area contributed by atoms with Gasteiger partial charge in [-0.1, -0.05) is 35.9 Å². The lowest BCUT2D eigenvalue weighted by Crippen LogP contribution is -2.13. The Kier molecular flexibility index (Phi) is 5.73. The van der Waals surface area contributed by atoms with Gasteiger partial charge < -0.3 is 21.1 Å². The fourth-order valence-corrected chi connectivity index (χ4v) is 2.51. The van der Waals surface area contributed by atoms with Crippen LogP contribution >= 0.6 is 11.6 Å². The average Bonchev–Trinajstić information content (AvgIpc) is 2.68. The van der Waals surface area contributed by atoms with E-state index in [0.29, 0.717) is 35.3 Å². The maximum atomic E-state index is 12.3. The third-order valence-electron chi connectivity index (χ3n) is 3.76. The zero-order valence-corrected chi connectivity index (χ0v) is 15.3. The molecule has 0 aliphatic rings. The second-order valence-corrected chi connectivity index (χ2v) is 6.04. The van der Waals surface area contributed by atoms with Gasteiger partial charge in [-0.25, -0.2) is 4.98 Å². The molecular formula is C19H18ClN5O2. The minimum absolute atomic E-state index is 0.227. The SMILES string of the molecule is COc1cc(Cl)nc(NCc2ccc(C(=O)Nc3ccccc3N)cc2)n1. The predicted molar refractivity (Wildman–Crippen MR) is 106 cm³/mol. The van der Waals surface area contributed by atoms with Crippen LogP contribution in [0.15, 0.2) is 54.6 Å². The molecular weight excluding hydrogens is 366 g/mol. The van der Waals surface area contributed by atoms with E-state index < -0.39 is 0 Å². The number of para-hydroxylation sites is 2. The molecule has 4 N–H and O–H groups in total. The summed E-state index contributed by atoms with van der Waals surface area (Å²) in [6, 6.07) is 15.8. The van der Waals surface area contributed by atoms with E-state index in [1.165, 1.54) is 13.2 Å². The number of halogens is 1. The number of carbonyl (C=O) groups excluding carboxylic acids is 1. The highest BCUT2D eigenvalue weighted by Gasteiger charge is 2.08. The van der Waals surface area contributed by atoms with Crippen molar-refractivity contribution in [1.29, 1.82) is 0 Å². The summed E-state index contributed by atoms with van der Waals surface area (Å²) in [5, 5.41) is 6.15. The smallest absolute Gasteiger partial charge is 0.255 e. The highest BCUT2D eigenvalue weighted by Crippen LogP contribution is 2.19. The van der Waals surface area contributed by atoms with E-state index in [1.54, 1.807) is 24.3 Å². The molecule has 0 unspecified atom stereocenters. The predicted octanol–water partition coefficient (Wildman–Crippen LogP) is 3.59. The Hall–Kier alpha value is -3.32. The number of aromatic nitrogens is 2. The molecule has 2 aromatic carbocycles. The number of amides is 1. The van der Waals surface area contributed by atoms with Crippen LogP contribution in [0.1, 0.15) is 15.9 Å². The van der Waals surface area contributed by atoms with E-state index >= 15 is 0 Å². The van der Waals surface area contributed by atoms with Gasteiger partial charge in [0, 0.05) is 18.2 Å². The second-order valence-electron chi connectivity index (χ2n) is 5.65. The van der Waals surface area contributed by atoms with Crippen molar-refractivity contribution in [2.24, 2.45) is 0 Å². The highest BCUT2D eigenvalue weighted by atomic mass is 35.5. The Morgan fingerprint density at radius 3 is 2.59 bits per heavy atom. The molecule has 0 saturated carbocycles. The third-order valence-corrected chi connectivity index (χ3v) is 3.95. The monoisotopic (exact) mass is 383 g/mol. The number of hydrogen-bond donors (Lipinski definition) is 3. The summed E-state index contributed by atoms with van der Waals surface area (Å²) >= 11 is 5.92. The largest absolute Gasteiger partial charge is 0.481 e. The minimum atomic E-state index is -0.227. The van der Waals surface area contributed by atoms with Crippen LogP contribution in [0.3, 0.4) is 0 Å². The molecule has 27 heavy (non-hydrogen) atoms. The number of benzene rings is 2. The number of rotatable bonds is 6. The van der Waals surface area contributed by atoms with Crippen LogP contribution in [-0.2, 0) is 6.54 Å². The van der Waals surface area contributed by atoms with Crippen LogP contribution in [0, 0.1) is 0 Å². The first-order valence-corrected chi connectivity index (χ1v) is 8.50. The molecule has 0 atom stereocenters. The summed E-state index contributed by atoms with van der Waals surface area (Å²) in [5.74, 6) is 0.515. The first-order chi connectivity index (χ1) is 13.0. The summed E-state index contributed by atoms with van der Waals surface area (Å²) in [6.45, 7) is 0.469. The van der Waals surface area contributed by atoms with Crippen molar-refractivity contribution in [2.45, 2.75) is 6.54 Å². The van der Waals surface area contributed by atoms with Crippen molar-refractivity contribution in [2.75, 3.05) is 23.5 Å². The molecule has 0 aliphatic carbocycles. The molecule has 7 nitrogen and oxygen atoms in total. The highest BCUT2D eigenvalue weighted by molar-refractivity contribution is 6.29. The van der Waals surface area contributed by atoms with E-state index in [1.807, 2.05) is 24.3 Å². The number of ether oxygens (including phenoxy) is 1. The molecule has 0 bridgehead atoms. The molecule has 0 spiro atoms. The third kappa shape index (κ3) is 4.86. The van der Waals surface area contributed by atoms with E-state index in [2.05, 4.69) is 20.6 Å². The number of anilines is 3. The van der Waals surface area contributed by atoms with Crippen LogP contribution in [0.2, 0.25) is 5.15 Å². The van der Waals surface area contributed by atoms with E-state index in [9.17, 15) is 4.79 Å².